The van der Waals surface area contributed by atoms with E-state index in [1.54, 1.807) is 6.92 Å². The Balaban J connectivity index is 0. The molecule has 4 heteroatoms. The summed E-state index contributed by atoms with van der Waals surface area (Å²) in [6.07, 6.45) is 0.500. The second-order valence-electron chi connectivity index (χ2n) is 1.17. The second-order valence-corrected chi connectivity index (χ2v) is 1.72. The first-order valence-corrected chi connectivity index (χ1v) is 2.82. The number of rotatable bonds is 1. The fourth-order valence-electron chi connectivity index (χ4n) is 0. The molecule has 0 saturated carbocycles. The minimum atomic E-state index is -1.08. The maximum atomic E-state index is 9.65. The number of hydrogen-bond donors (Lipinski definition) is 0. The average Bonchev–Trinajstić information content (AvgIpc) is 1.65. The van der Waals surface area contributed by atoms with Crippen LogP contribution in [0.1, 0.15) is 20.3 Å². The first-order chi connectivity index (χ1) is 4.00. The maximum absolute atomic E-state index is 9.65. The predicted molar refractivity (Wildman–Crippen MR) is 26.0 cm³/mol. The van der Waals surface area contributed by atoms with Crippen LogP contribution in [-0.4, -0.2) is 10.7 Å². The van der Waals surface area contributed by atoms with E-state index in [0.717, 1.165) is 6.92 Å². The Hall–Kier alpha value is -0.366. The summed E-state index contributed by atoms with van der Waals surface area (Å²) in [5.41, 5.74) is 0. The zero-order valence-electron chi connectivity index (χ0n) is 5.25. The summed E-state index contributed by atoms with van der Waals surface area (Å²) < 4.78 is -0.120. The summed E-state index contributed by atoms with van der Waals surface area (Å²) in [6.45, 7) is 2.73. The first-order valence-electron chi connectivity index (χ1n) is 2.33. The molecular weight excluding hydrogens is 167 g/mol. The van der Waals surface area contributed by atoms with Crippen molar-refractivity contribution < 1.29 is 30.2 Å². The van der Waals surface area contributed by atoms with Crippen molar-refractivity contribution in [1.82, 2.24) is 0 Å². The quantitative estimate of drug-likeness (QED) is 0.491. The van der Waals surface area contributed by atoms with Crippen LogP contribution in [0.2, 0.25) is 0 Å². The van der Waals surface area contributed by atoms with Crippen LogP contribution in [0.15, 0.2) is 0 Å². The van der Waals surface area contributed by atoms with Crippen molar-refractivity contribution in [3.8, 4) is 0 Å². The van der Waals surface area contributed by atoms with Crippen molar-refractivity contribution in [2.45, 2.75) is 20.3 Å². The van der Waals surface area contributed by atoms with Crippen LogP contribution in [0.25, 0.3) is 0 Å². The molecule has 0 amide bonds. The Kier molecular flexibility index (Phi) is 9.70. The molecule has 0 aromatic rings. The molecule has 0 aromatic heterocycles. The van der Waals surface area contributed by atoms with Gasteiger partial charge in [0.2, 0.25) is 0 Å². The van der Waals surface area contributed by atoms with Crippen LogP contribution < -0.4 is 5.11 Å². The van der Waals surface area contributed by atoms with Gasteiger partial charge in [-0.3, -0.25) is 0 Å². The van der Waals surface area contributed by atoms with Gasteiger partial charge in [0.05, 0.1) is 0 Å². The van der Waals surface area contributed by atoms with Crippen LogP contribution in [0.5, 0.6) is 0 Å². The summed E-state index contributed by atoms with van der Waals surface area (Å²) in [6, 6.07) is 0. The number of hydrogen-bond acceptors (Lipinski definition) is 3. The summed E-state index contributed by atoms with van der Waals surface area (Å²) in [4.78, 5) is 18.5. The van der Waals surface area contributed by atoms with Crippen molar-refractivity contribution in [2.75, 3.05) is 0 Å². The van der Waals surface area contributed by atoms with Crippen LogP contribution in [0.4, 0.5) is 0 Å². The number of carboxylic acids is 1. The third kappa shape index (κ3) is 90.8. The van der Waals surface area contributed by atoms with Gasteiger partial charge in [-0.2, -0.15) is 0 Å². The molecule has 0 aromatic carbocycles. The van der Waals surface area contributed by atoms with E-state index in [0.29, 0.717) is 6.42 Å². The molecule has 0 bridgehead atoms. The van der Waals surface area contributed by atoms with E-state index in [9.17, 15) is 4.79 Å². The number of aliphatic carboxylic acids is 1. The molecule has 0 unspecified atom stereocenters. The Morgan fingerprint density at radius 3 is 1.67 bits per heavy atom. The first kappa shape index (κ1) is 11.4. The van der Waals surface area contributed by atoms with Gasteiger partial charge < -0.3 is 9.90 Å². The van der Waals surface area contributed by atoms with Crippen molar-refractivity contribution in [3.63, 3.8) is 0 Å². The van der Waals surface area contributed by atoms with Crippen molar-refractivity contribution >= 4 is 10.7 Å². The standard InChI is InChI=1S/C3H5O.C2H4O2.Ni/c1-2-3-4;1-2(3)4;/h2H2,1H3;1H3,(H,3,4);/q;;+1/p-1. The van der Waals surface area contributed by atoms with Crippen molar-refractivity contribution in [3.05, 3.63) is 0 Å². The average molecular weight is 175 g/mol. The normalized spacial score (nSPS) is 7.11. The van der Waals surface area contributed by atoms with E-state index in [1.807, 2.05) is 0 Å². The number of carbonyl (C=O) groups is 2. The molecule has 3 nitrogen and oxygen atoms in total. The molecule has 0 heterocycles. The molecule has 56 valence electrons. The molecule has 0 rings (SSSR count). The molecule has 0 aliphatic carbocycles. The SMILES string of the molecule is CC(=O)[O-].CC[C](=O)[Ni+]. The van der Waals surface area contributed by atoms with Gasteiger partial charge in [0.15, 0.2) is 0 Å². The van der Waals surface area contributed by atoms with E-state index in [1.165, 1.54) is 0 Å². The molecule has 9 heavy (non-hydrogen) atoms. The van der Waals surface area contributed by atoms with E-state index in [-0.39, 0.29) is 4.75 Å². The van der Waals surface area contributed by atoms with E-state index < -0.39 is 5.97 Å². The van der Waals surface area contributed by atoms with Gasteiger partial charge in [0.25, 0.3) is 0 Å². The number of carbonyl (C=O) groups excluding carboxylic acids is 2. The van der Waals surface area contributed by atoms with Crippen LogP contribution in [0, 0.1) is 0 Å². The molecule has 0 aliphatic heterocycles. The Morgan fingerprint density at radius 2 is 1.67 bits per heavy atom. The zero-order chi connectivity index (χ0) is 7.86. The minimum absolute atomic E-state index is 0.120. The molecule has 0 spiro atoms. The second kappa shape index (κ2) is 7.63. The van der Waals surface area contributed by atoms with Crippen LogP contribution >= 0.6 is 0 Å². The molecule has 0 radical (unpaired) electrons. The Bertz CT molecular complexity index is 96.4. The summed E-state index contributed by atoms with van der Waals surface area (Å²) in [7, 11) is 0. The molecule has 0 fully saturated rings. The third-order valence-corrected chi connectivity index (χ3v) is 0.605. The van der Waals surface area contributed by atoms with Gasteiger partial charge in [-0.05, 0) is 6.92 Å². The molecule has 0 aliphatic rings. The number of carboxylic acid groups (broad SMARTS) is 1. The molecular formula is C5H8NiO3. The Morgan fingerprint density at radius 1 is 1.56 bits per heavy atom. The Labute approximate surface area is 61.8 Å². The van der Waals surface area contributed by atoms with Gasteiger partial charge in [0, 0.05) is 5.97 Å². The molecule has 0 saturated heterocycles. The van der Waals surface area contributed by atoms with Crippen molar-refractivity contribution in [1.29, 1.82) is 0 Å². The van der Waals surface area contributed by atoms with Gasteiger partial charge >= 0.3 is 38.4 Å². The monoisotopic (exact) mass is 174 g/mol. The third-order valence-electron chi connectivity index (χ3n) is 0.256. The molecule has 0 atom stereocenters. The summed E-state index contributed by atoms with van der Waals surface area (Å²) >= 11 is 3.89. The van der Waals surface area contributed by atoms with Gasteiger partial charge in [-0.25, -0.2) is 0 Å². The predicted octanol–water partition coefficient (Wildman–Crippen LogP) is -0.774. The fourth-order valence-corrected chi connectivity index (χ4v) is 0. The van der Waals surface area contributed by atoms with Gasteiger partial charge in [-0.1, -0.05) is 0 Å². The van der Waals surface area contributed by atoms with Crippen molar-refractivity contribution in [2.24, 2.45) is 0 Å². The molecule has 0 N–H and O–H groups in total. The summed E-state index contributed by atoms with van der Waals surface area (Å²) in [5, 5.41) is 8.89. The van der Waals surface area contributed by atoms with Gasteiger partial charge in [0.1, 0.15) is 0 Å². The van der Waals surface area contributed by atoms with E-state index in [4.69, 9.17) is 9.90 Å². The zero-order valence-corrected chi connectivity index (χ0v) is 6.24. The van der Waals surface area contributed by atoms with Crippen LogP contribution in [0.3, 0.4) is 0 Å². The van der Waals surface area contributed by atoms with E-state index in [2.05, 4.69) is 15.5 Å². The topological polar surface area (TPSA) is 57.2 Å². The van der Waals surface area contributed by atoms with E-state index >= 15 is 0 Å². The van der Waals surface area contributed by atoms with Gasteiger partial charge in [-0.15, -0.1) is 0 Å². The van der Waals surface area contributed by atoms with Crippen LogP contribution in [-0.2, 0) is 25.1 Å². The summed E-state index contributed by atoms with van der Waals surface area (Å²) in [5.74, 6) is -1.08. The fraction of sp³-hybridized carbons (Fsp3) is 0.600.